The van der Waals surface area contributed by atoms with Gasteiger partial charge in [-0.25, -0.2) is 8.42 Å². The lowest BCUT2D eigenvalue weighted by Crippen LogP contribution is -2.25. The zero-order valence-electron chi connectivity index (χ0n) is 10.4. The summed E-state index contributed by atoms with van der Waals surface area (Å²) in [4.78, 5) is 11.2. The third kappa shape index (κ3) is 5.80. The fraction of sp³-hybridized carbons (Fsp3) is 0.417. The summed E-state index contributed by atoms with van der Waals surface area (Å²) in [6.07, 6.45) is -0.0403. The van der Waals surface area contributed by atoms with Crippen LogP contribution in [-0.2, 0) is 20.4 Å². The molecule has 0 fully saturated rings. The Morgan fingerprint density at radius 3 is 2.58 bits per heavy atom. The van der Waals surface area contributed by atoms with Crippen molar-refractivity contribution < 1.29 is 13.2 Å². The van der Waals surface area contributed by atoms with Crippen LogP contribution in [0.3, 0.4) is 0 Å². The number of amides is 1. The summed E-state index contributed by atoms with van der Waals surface area (Å²) in [6, 6.07) is 4.66. The van der Waals surface area contributed by atoms with Gasteiger partial charge in [0.2, 0.25) is 5.91 Å². The zero-order chi connectivity index (χ0) is 14.5. The summed E-state index contributed by atoms with van der Waals surface area (Å²) in [7, 11) is -3.37. The molecule has 0 spiro atoms. The Balaban J connectivity index is 2.66. The zero-order valence-corrected chi connectivity index (χ0v) is 12.8. The van der Waals surface area contributed by atoms with E-state index in [1.54, 1.807) is 19.1 Å². The Morgan fingerprint density at radius 1 is 1.32 bits per heavy atom. The molecule has 0 aromatic heterocycles. The van der Waals surface area contributed by atoms with E-state index in [4.69, 9.17) is 23.2 Å². The summed E-state index contributed by atoms with van der Waals surface area (Å²) in [5.74, 6) is -0.659. The van der Waals surface area contributed by atoms with Crippen molar-refractivity contribution in [2.24, 2.45) is 0 Å². The summed E-state index contributed by atoms with van der Waals surface area (Å²) >= 11 is 11.7. The molecule has 7 heteroatoms. The van der Waals surface area contributed by atoms with Crippen molar-refractivity contribution in [1.82, 2.24) is 5.32 Å². The largest absolute Gasteiger partial charge is 0.356 e. The number of hydrogen-bond donors (Lipinski definition) is 1. The SMILES string of the molecule is CCNC(=O)CCS(=O)(=O)Cc1ccc(Cl)cc1Cl. The second-order valence-electron chi connectivity index (χ2n) is 4.03. The van der Waals surface area contributed by atoms with E-state index in [1.807, 2.05) is 0 Å². The van der Waals surface area contributed by atoms with Crippen LogP contribution in [0.15, 0.2) is 18.2 Å². The van der Waals surface area contributed by atoms with Crippen LogP contribution in [0.1, 0.15) is 18.9 Å². The Kier molecular flexibility index (Phi) is 6.10. The molecule has 0 bridgehead atoms. The average Bonchev–Trinajstić information content (AvgIpc) is 2.31. The number of halogens is 2. The molecule has 0 saturated heterocycles. The molecule has 1 N–H and O–H groups in total. The molecule has 1 amide bonds. The van der Waals surface area contributed by atoms with Gasteiger partial charge in [-0.15, -0.1) is 0 Å². The van der Waals surface area contributed by atoms with Gasteiger partial charge in [0, 0.05) is 23.0 Å². The summed E-state index contributed by atoms with van der Waals surface area (Å²) in [5, 5.41) is 3.32. The first-order valence-electron chi connectivity index (χ1n) is 5.75. The third-order valence-electron chi connectivity index (χ3n) is 2.40. The van der Waals surface area contributed by atoms with Crippen molar-refractivity contribution in [3.63, 3.8) is 0 Å². The monoisotopic (exact) mass is 323 g/mol. The van der Waals surface area contributed by atoms with E-state index in [2.05, 4.69) is 5.32 Å². The normalized spacial score (nSPS) is 11.3. The van der Waals surface area contributed by atoms with Crippen LogP contribution in [0.4, 0.5) is 0 Å². The van der Waals surface area contributed by atoms with Gasteiger partial charge in [0.05, 0.1) is 11.5 Å². The topological polar surface area (TPSA) is 63.2 Å². The average molecular weight is 324 g/mol. The Bertz CT molecular complexity index is 558. The van der Waals surface area contributed by atoms with Crippen molar-refractivity contribution in [2.45, 2.75) is 19.1 Å². The molecule has 1 aromatic carbocycles. The van der Waals surface area contributed by atoms with Crippen LogP contribution in [0.5, 0.6) is 0 Å². The minimum Gasteiger partial charge on any atom is -0.356 e. The smallest absolute Gasteiger partial charge is 0.221 e. The van der Waals surface area contributed by atoms with Gasteiger partial charge in [-0.3, -0.25) is 4.79 Å². The molecule has 0 radical (unpaired) electrons. The fourth-order valence-electron chi connectivity index (χ4n) is 1.48. The number of benzene rings is 1. The molecule has 0 atom stereocenters. The van der Waals surface area contributed by atoms with Gasteiger partial charge < -0.3 is 5.32 Å². The van der Waals surface area contributed by atoms with Crippen molar-refractivity contribution in [1.29, 1.82) is 0 Å². The maximum atomic E-state index is 11.9. The Hall–Kier alpha value is -0.780. The molecule has 106 valence electrons. The fourth-order valence-corrected chi connectivity index (χ4v) is 3.40. The van der Waals surface area contributed by atoms with Gasteiger partial charge in [0.15, 0.2) is 9.84 Å². The van der Waals surface area contributed by atoms with Gasteiger partial charge in [0.25, 0.3) is 0 Å². The van der Waals surface area contributed by atoms with Crippen LogP contribution in [0, 0.1) is 0 Å². The van der Waals surface area contributed by atoms with E-state index < -0.39 is 9.84 Å². The molecule has 0 heterocycles. The number of carbonyl (C=O) groups excluding carboxylic acids is 1. The molecule has 4 nitrogen and oxygen atoms in total. The van der Waals surface area contributed by atoms with Gasteiger partial charge in [-0.05, 0) is 24.6 Å². The highest BCUT2D eigenvalue weighted by atomic mass is 35.5. The predicted molar refractivity (Wildman–Crippen MR) is 77.3 cm³/mol. The number of rotatable bonds is 6. The minimum atomic E-state index is -3.37. The van der Waals surface area contributed by atoms with E-state index in [0.29, 0.717) is 22.2 Å². The first-order valence-corrected chi connectivity index (χ1v) is 8.33. The van der Waals surface area contributed by atoms with E-state index in [-0.39, 0.29) is 23.8 Å². The Morgan fingerprint density at radius 2 is 2.00 bits per heavy atom. The molecule has 19 heavy (non-hydrogen) atoms. The number of sulfone groups is 1. The lowest BCUT2D eigenvalue weighted by atomic mass is 10.2. The lowest BCUT2D eigenvalue weighted by molar-refractivity contribution is -0.120. The van der Waals surface area contributed by atoms with Gasteiger partial charge >= 0.3 is 0 Å². The molecule has 0 unspecified atom stereocenters. The molecule has 1 aromatic rings. The highest BCUT2D eigenvalue weighted by Gasteiger charge is 2.16. The van der Waals surface area contributed by atoms with Crippen LogP contribution in [0.2, 0.25) is 10.0 Å². The summed E-state index contributed by atoms with van der Waals surface area (Å²) in [6.45, 7) is 2.27. The lowest BCUT2D eigenvalue weighted by Gasteiger charge is -2.07. The molecular formula is C12H15Cl2NO3S. The highest BCUT2D eigenvalue weighted by Crippen LogP contribution is 2.23. The molecule has 1 rings (SSSR count). The highest BCUT2D eigenvalue weighted by molar-refractivity contribution is 7.90. The molecule has 0 aliphatic heterocycles. The molecule has 0 aliphatic rings. The van der Waals surface area contributed by atoms with Crippen molar-refractivity contribution in [3.05, 3.63) is 33.8 Å². The van der Waals surface area contributed by atoms with Crippen LogP contribution in [0.25, 0.3) is 0 Å². The second-order valence-corrected chi connectivity index (χ2v) is 7.06. The van der Waals surface area contributed by atoms with Gasteiger partial charge in [-0.1, -0.05) is 29.3 Å². The van der Waals surface area contributed by atoms with E-state index >= 15 is 0 Å². The van der Waals surface area contributed by atoms with Gasteiger partial charge in [0.1, 0.15) is 0 Å². The first-order chi connectivity index (χ1) is 8.84. The van der Waals surface area contributed by atoms with Crippen LogP contribution < -0.4 is 5.32 Å². The van der Waals surface area contributed by atoms with Crippen LogP contribution >= 0.6 is 23.2 Å². The standard InChI is InChI=1S/C12H15Cl2NO3S/c1-2-15-12(16)5-6-19(17,18)8-9-3-4-10(13)7-11(9)14/h3-4,7H,2,5-6,8H2,1H3,(H,15,16). The second kappa shape index (κ2) is 7.12. The number of hydrogen-bond acceptors (Lipinski definition) is 3. The van der Waals surface area contributed by atoms with Crippen LogP contribution in [-0.4, -0.2) is 26.6 Å². The molecular weight excluding hydrogens is 309 g/mol. The minimum absolute atomic E-state index is 0.0403. The quantitative estimate of drug-likeness (QED) is 0.874. The number of carbonyl (C=O) groups is 1. The maximum Gasteiger partial charge on any atom is 0.221 e. The van der Waals surface area contributed by atoms with Gasteiger partial charge in [-0.2, -0.15) is 0 Å². The Labute approximate surface area is 123 Å². The van der Waals surface area contributed by atoms with Crippen molar-refractivity contribution in [3.8, 4) is 0 Å². The van der Waals surface area contributed by atoms with E-state index in [0.717, 1.165) is 0 Å². The maximum absolute atomic E-state index is 11.9. The predicted octanol–water partition coefficient (Wildman–Crippen LogP) is 2.43. The summed E-state index contributed by atoms with van der Waals surface area (Å²) < 4.78 is 23.7. The number of nitrogens with one attached hydrogen (secondary N) is 1. The summed E-state index contributed by atoms with van der Waals surface area (Å²) in [5.41, 5.74) is 0.488. The van der Waals surface area contributed by atoms with E-state index in [9.17, 15) is 13.2 Å². The third-order valence-corrected chi connectivity index (χ3v) is 4.57. The van der Waals surface area contributed by atoms with Crippen molar-refractivity contribution >= 4 is 38.9 Å². The van der Waals surface area contributed by atoms with E-state index in [1.165, 1.54) is 6.07 Å². The van der Waals surface area contributed by atoms with Crippen molar-refractivity contribution in [2.75, 3.05) is 12.3 Å². The first kappa shape index (κ1) is 16.3. The molecule has 0 saturated carbocycles. The molecule has 0 aliphatic carbocycles.